The number of aromatic nitrogens is 1. The summed E-state index contributed by atoms with van der Waals surface area (Å²) in [6, 6.07) is 5.27. The third-order valence-corrected chi connectivity index (χ3v) is 3.22. The maximum atomic E-state index is 13.5. The number of nitrogens with zero attached hydrogens (tertiary/aromatic N) is 1. The molecule has 112 valence electrons. The smallest absolute Gasteiger partial charge is 0.250 e. The van der Waals surface area contributed by atoms with Crippen LogP contribution in [0, 0.1) is 11.6 Å². The van der Waals surface area contributed by atoms with Crippen molar-refractivity contribution in [3.05, 3.63) is 56.9 Å². The minimum Gasteiger partial charge on any atom is -0.490 e. The van der Waals surface area contributed by atoms with Crippen molar-refractivity contribution < 1.29 is 13.5 Å². The molecular weight excluding hydrogens is 346 g/mol. The number of pyridine rings is 1. The van der Waals surface area contributed by atoms with Gasteiger partial charge >= 0.3 is 0 Å². The van der Waals surface area contributed by atoms with E-state index in [-0.39, 0.29) is 17.9 Å². The molecule has 2 N–H and O–H groups in total. The second-order valence-corrected chi connectivity index (χ2v) is 5.31. The number of rotatable bonds is 5. The average Bonchev–Trinajstić information content (AvgIpc) is 2.43. The summed E-state index contributed by atoms with van der Waals surface area (Å²) in [5.74, 6) is -2.17. The lowest BCUT2D eigenvalue weighted by Gasteiger charge is -2.09. The third kappa shape index (κ3) is 4.04. The van der Waals surface area contributed by atoms with Gasteiger partial charge in [0.25, 0.3) is 5.56 Å². The summed E-state index contributed by atoms with van der Waals surface area (Å²) < 4.78 is 33.7. The number of anilines is 1. The number of hydrogen-bond acceptors (Lipinski definition) is 3. The maximum absolute atomic E-state index is 13.5. The van der Waals surface area contributed by atoms with Crippen LogP contribution in [0.3, 0.4) is 0 Å². The topological polar surface area (TPSA) is 57.2 Å². The molecule has 0 saturated heterocycles. The summed E-state index contributed by atoms with van der Waals surface area (Å²) in [6.45, 7) is 0.524. The van der Waals surface area contributed by atoms with Crippen LogP contribution in [0.25, 0.3) is 0 Å². The number of benzene rings is 1. The molecule has 21 heavy (non-hydrogen) atoms. The third-order valence-electron chi connectivity index (χ3n) is 2.77. The molecule has 0 radical (unpaired) electrons. The van der Waals surface area contributed by atoms with Gasteiger partial charge in [-0.1, -0.05) is 15.9 Å². The highest BCUT2D eigenvalue weighted by Crippen LogP contribution is 2.25. The van der Waals surface area contributed by atoms with Gasteiger partial charge in [0.05, 0.1) is 6.61 Å². The molecule has 0 aliphatic heterocycles. The Bertz CT molecular complexity index is 704. The number of nitrogen functional groups attached to an aromatic ring is 1. The van der Waals surface area contributed by atoms with Gasteiger partial charge in [-0.3, -0.25) is 4.79 Å². The van der Waals surface area contributed by atoms with Crippen molar-refractivity contribution in [2.45, 2.75) is 13.0 Å². The number of ether oxygens (including phenoxy) is 1. The summed E-state index contributed by atoms with van der Waals surface area (Å²) in [6.07, 6.45) is 1.98. The van der Waals surface area contributed by atoms with Crippen molar-refractivity contribution in [2.75, 3.05) is 12.3 Å². The molecule has 0 fully saturated rings. The molecule has 2 aromatic rings. The van der Waals surface area contributed by atoms with E-state index in [1.54, 1.807) is 0 Å². The summed E-state index contributed by atoms with van der Waals surface area (Å²) in [4.78, 5) is 11.5. The van der Waals surface area contributed by atoms with E-state index < -0.39 is 11.6 Å². The van der Waals surface area contributed by atoms with Gasteiger partial charge in [0.2, 0.25) is 5.82 Å². The van der Waals surface area contributed by atoms with Crippen molar-refractivity contribution >= 4 is 21.6 Å². The van der Waals surface area contributed by atoms with Gasteiger partial charge in [0.1, 0.15) is 0 Å². The summed E-state index contributed by atoms with van der Waals surface area (Å²) in [5, 5.41) is 0. The Kier molecular flexibility index (Phi) is 4.95. The summed E-state index contributed by atoms with van der Waals surface area (Å²) in [5.41, 5.74) is 5.89. The zero-order valence-corrected chi connectivity index (χ0v) is 12.6. The number of aryl methyl sites for hydroxylation is 1. The van der Waals surface area contributed by atoms with Crippen molar-refractivity contribution in [1.29, 1.82) is 0 Å². The first kappa shape index (κ1) is 15.5. The minimum absolute atomic E-state index is 0.147. The van der Waals surface area contributed by atoms with Crippen molar-refractivity contribution in [1.82, 2.24) is 4.57 Å². The van der Waals surface area contributed by atoms with Crippen molar-refractivity contribution in [2.24, 2.45) is 0 Å². The Balaban J connectivity index is 1.93. The zero-order chi connectivity index (χ0) is 15.4. The molecule has 1 aromatic heterocycles. The lowest BCUT2D eigenvalue weighted by Crippen LogP contribution is -2.20. The zero-order valence-electron chi connectivity index (χ0n) is 11.0. The van der Waals surface area contributed by atoms with Crippen LogP contribution < -0.4 is 16.0 Å². The van der Waals surface area contributed by atoms with Gasteiger partial charge in [-0.15, -0.1) is 0 Å². The molecular formula is C14H13BrF2N2O2. The standard InChI is InChI=1S/C14H13BrF2N2O2/c15-9-6-11(16)14(17)12(7-9)21-5-1-4-19-8-10(18)2-3-13(19)20/h2-3,6-8H,1,4-5,18H2. The highest BCUT2D eigenvalue weighted by atomic mass is 79.9. The largest absolute Gasteiger partial charge is 0.490 e. The van der Waals surface area contributed by atoms with Crippen LogP contribution in [0.15, 0.2) is 39.7 Å². The molecule has 0 amide bonds. The highest BCUT2D eigenvalue weighted by molar-refractivity contribution is 9.10. The van der Waals surface area contributed by atoms with Gasteiger partial charge < -0.3 is 15.0 Å². The summed E-state index contributed by atoms with van der Waals surface area (Å²) in [7, 11) is 0. The molecule has 0 atom stereocenters. The fourth-order valence-corrected chi connectivity index (χ4v) is 2.19. The van der Waals surface area contributed by atoms with Crippen LogP contribution in [0.1, 0.15) is 6.42 Å². The van der Waals surface area contributed by atoms with Gasteiger partial charge in [0.15, 0.2) is 11.6 Å². The van der Waals surface area contributed by atoms with E-state index >= 15 is 0 Å². The predicted molar refractivity (Wildman–Crippen MR) is 79.3 cm³/mol. The predicted octanol–water partition coefficient (Wildman–Crippen LogP) is 2.94. The normalized spacial score (nSPS) is 10.6. The molecule has 0 saturated carbocycles. The summed E-state index contributed by atoms with van der Waals surface area (Å²) >= 11 is 3.06. The SMILES string of the molecule is Nc1ccc(=O)n(CCCOc2cc(Br)cc(F)c2F)c1. The maximum Gasteiger partial charge on any atom is 0.250 e. The molecule has 0 aliphatic carbocycles. The Hall–Kier alpha value is -1.89. The second-order valence-electron chi connectivity index (χ2n) is 4.40. The van der Waals surface area contributed by atoms with Crippen LogP contribution in [0.4, 0.5) is 14.5 Å². The van der Waals surface area contributed by atoms with Crippen LogP contribution >= 0.6 is 15.9 Å². The molecule has 0 spiro atoms. The molecule has 0 bridgehead atoms. The van der Waals surface area contributed by atoms with E-state index in [1.165, 1.54) is 29.0 Å². The number of hydrogen-bond donors (Lipinski definition) is 1. The first-order valence-electron chi connectivity index (χ1n) is 6.20. The van der Waals surface area contributed by atoms with Crippen molar-refractivity contribution in [3.8, 4) is 5.75 Å². The van der Waals surface area contributed by atoms with E-state index in [9.17, 15) is 13.6 Å². The van der Waals surface area contributed by atoms with Crippen LogP contribution in [0.2, 0.25) is 0 Å². The van der Waals surface area contributed by atoms with Gasteiger partial charge in [-0.2, -0.15) is 4.39 Å². The molecule has 1 aromatic carbocycles. The Morgan fingerprint density at radius 3 is 2.81 bits per heavy atom. The Morgan fingerprint density at radius 2 is 2.05 bits per heavy atom. The average molecular weight is 359 g/mol. The fourth-order valence-electron chi connectivity index (χ4n) is 1.78. The van der Waals surface area contributed by atoms with E-state index in [0.29, 0.717) is 23.1 Å². The lowest BCUT2D eigenvalue weighted by molar-refractivity contribution is 0.282. The molecule has 7 heteroatoms. The minimum atomic E-state index is -1.03. The molecule has 1 heterocycles. The quantitative estimate of drug-likeness (QED) is 0.660. The van der Waals surface area contributed by atoms with Crippen molar-refractivity contribution in [3.63, 3.8) is 0 Å². The first-order chi connectivity index (χ1) is 9.97. The molecule has 0 unspecified atom stereocenters. The fraction of sp³-hybridized carbons (Fsp3) is 0.214. The van der Waals surface area contributed by atoms with Gasteiger partial charge in [0, 0.05) is 29.0 Å². The van der Waals surface area contributed by atoms with E-state index in [0.717, 1.165) is 6.07 Å². The first-order valence-corrected chi connectivity index (χ1v) is 7.00. The Labute approximate surface area is 128 Å². The number of nitrogens with two attached hydrogens (primary N) is 1. The monoisotopic (exact) mass is 358 g/mol. The number of halogens is 3. The second kappa shape index (κ2) is 6.71. The van der Waals surface area contributed by atoms with Crippen LogP contribution in [0.5, 0.6) is 5.75 Å². The molecule has 4 nitrogen and oxygen atoms in total. The lowest BCUT2D eigenvalue weighted by atomic mass is 10.3. The Morgan fingerprint density at radius 1 is 1.29 bits per heavy atom. The molecule has 2 rings (SSSR count). The van der Waals surface area contributed by atoms with Crippen LogP contribution in [-0.2, 0) is 6.54 Å². The van der Waals surface area contributed by atoms with E-state index in [4.69, 9.17) is 10.5 Å². The van der Waals surface area contributed by atoms with Crippen LogP contribution in [-0.4, -0.2) is 11.2 Å². The molecule has 0 aliphatic rings. The van der Waals surface area contributed by atoms with Gasteiger partial charge in [-0.25, -0.2) is 4.39 Å². The van der Waals surface area contributed by atoms with Gasteiger partial charge in [-0.05, 0) is 24.6 Å². The highest BCUT2D eigenvalue weighted by Gasteiger charge is 2.11. The van der Waals surface area contributed by atoms with E-state index in [1.807, 2.05) is 0 Å². The van der Waals surface area contributed by atoms with E-state index in [2.05, 4.69) is 15.9 Å².